The minimum absolute atomic E-state index is 0.168. The molecule has 0 aromatic heterocycles. The fraction of sp³-hybridized carbons (Fsp3) is 0.857. The second kappa shape index (κ2) is 3.69. The molecule has 0 aliphatic rings. The van der Waals surface area contributed by atoms with E-state index in [0.717, 1.165) is 0 Å². The van der Waals surface area contributed by atoms with Crippen LogP contribution >= 0.6 is 0 Å². The predicted molar refractivity (Wildman–Crippen MR) is 38.9 cm³/mol. The fourth-order valence-corrected chi connectivity index (χ4v) is 0.400. The van der Waals surface area contributed by atoms with E-state index in [4.69, 9.17) is 10.2 Å². The lowest BCUT2D eigenvalue weighted by atomic mass is 10.0. The van der Waals surface area contributed by atoms with Gasteiger partial charge in [0.25, 0.3) is 0 Å². The molecule has 0 unspecified atom stereocenters. The Morgan fingerprint density at radius 2 is 2.09 bits per heavy atom. The van der Waals surface area contributed by atoms with Crippen LogP contribution in [-0.4, -0.2) is 34.5 Å². The van der Waals surface area contributed by atoms with Crippen molar-refractivity contribution in [1.29, 1.82) is 0 Å². The minimum Gasteiger partial charge on any atom is -0.463 e. The first kappa shape index (κ1) is 10.4. The monoisotopic (exact) mass is 162 g/mol. The number of aliphatic hydroxyl groups is 2. The molecule has 0 saturated heterocycles. The van der Waals surface area contributed by atoms with Crippen LogP contribution in [0.1, 0.15) is 20.8 Å². The molecule has 0 bridgehead atoms. The largest absolute Gasteiger partial charge is 0.463 e. The van der Waals surface area contributed by atoms with E-state index in [0.29, 0.717) is 0 Å². The second-order valence-electron chi connectivity index (χ2n) is 2.97. The van der Waals surface area contributed by atoms with Gasteiger partial charge in [-0.05, 0) is 13.8 Å². The van der Waals surface area contributed by atoms with Crippen LogP contribution in [0.3, 0.4) is 0 Å². The van der Waals surface area contributed by atoms with Gasteiger partial charge in [0.1, 0.15) is 12.7 Å². The van der Waals surface area contributed by atoms with Crippen molar-refractivity contribution in [3.63, 3.8) is 0 Å². The van der Waals surface area contributed by atoms with Gasteiger partial charge in [-0.25, -0.2) is 0 Å². The lowest BCUT2D eigenvalue weighted by Crippen LogP contribution is -2.39. The Morgan fingerprint density at radius 1 is 1.64 bits per heavy atom. The molecule has 4 heteroatoms. The quantitative estimate of drug-likeness (QED) is 0.558. The van der Waals surface area contributed by atoms with Gasteiger partial charge < -0.3 is 14.9 Å². The molecule has 0 rings (SSSR count). The zero-order valence-corrected chi connectivity index (χ0v) is 7.00. The van der Waals surface area contributed by atoms with Gasteiger partial charge in [0.05, 0.1) is 5.60 Å². The molecule has 0 fully saturated rings. The third-order valence-corrected chi connectivity index (χ3v) is 1.26. The highest BCUT2D eigenvalue weighted by atomic mass is 16.5. The van der Waals surface area contributed by atoms with Crippen molar-refractivity contribution in [2.24, 2.45) is 0 Å². The highest BCUT2D eigenvalue weighted by Crippen LogP contribution is 2.07. The number of carbonyl (C=O) groups is 1. The second-order valence-corrected chi connectivity index (χ2v) is 2.97. The summed E-state index contributed by atoms with van der Waals surface area (Å²) in [6.07, 6.45) is -1.04. The molecular weight excluding hydrogens is 148 g/mol. The minimum atomic E-state index is -1.23. The summed E-state index contributed by atoms with van der Waals surface area (Å²) in [6.45, 7) is 3.97. The maximum Gasteiger partial charge on any atom is 0.302 e. The average Bonchev–Trinajstić information content (AvgIpc) is 1.80. The third-order valence-electron chi connectivity index (χ3n) is 1.26. The van der Waals surface area contributed by atoms with E-state index in [9.17, 15) is 4.79 Å². The highest BCUT2D eigenvalue weighted by molar-refractivity contribution is 5.65. The summed E-state index contributed by atoms with van der Waals surface area (Å²) in [4.78, 5) is 10.3. The van der Waals surface area contributed by atoms with Crippen LogP contribution in [0.4, 0.5) is 0 Å². The molecule has 0 aliphatic heterocycles. The van der Waals surface area contributed by atoms with E-state index in [-0.39, 0.29) is 6.61 Å². The van der Waals surface area contributed by atoms with Gasteiger partial charge in [-0.3, -0.25) is 4.79 Å². The molecule has 4 nitrogen and oxygen atoms in total. The first-order chi connectivity index (χ1) is 4.84. The SMILES string of the molecule is CC(=O)OC[C@@H](O)C(C)(C)O. The van der Waals surface area contributed by atoms with E-state index in [1.165, 1.54) is 20.8 Å². The van der Waals surface area contributed by atoms with E-state index in [1.54, 1.807) is 0 Å². The summed E-state index contributed by atoms with van der Waals surface area (Å²) in [6, 6.07) is 0. The first-order valence-corrected chi connectivity index (χ1v) is 3.38. The molecule has 1 atom stereocenters. The number of carbonyl (C=O) groups excluding carboxylic acids is 1. The molecule has 0 radical (unpaired) electrons. The third kappa shape index (κ3) is 4.75. The van der Waals surface area contributed by atoms with Crippen LogP contribution in [-0.2, 0) is 9.53 Å². The van der Waals surface area contributed by atoms with E-state index < -0.39 is 17.7 Å². The fourth-order valence-electron chi connectivity index (χ4n) is 0.400. The highest BCUT2D eigenvalue weighted by Gasteiger charge is 2.25. The van der Waals surface area contributed by atoms with Gasteiger partial charge in [-0.2, -0.15) is 0 Å². The Labute approximate surface area is 65.8 Å². The van der Waals surface area contributed by atoms with Crippen molar-refractivity contribution in [3.8, 4) is 0 Å². The van der Waals surface area contributed by atoms with Crippen molar-refractivity contribution in [2.75, 3.05) is 6.61 Å². The van der Waals surface area contributed by atoms with Crippen LogP contribution in [0.2, 0.25) is 0 Å². The molecular formula is C7H14O4. The maximum atomic E-state index is 10.3. The van der Waals surface area contributed by atoms with Gasteiger partial charge in [0, 0.05) is 6.92 Å². The summed E-state index contributed by atoms with van der Waals surface area (Å²) in [5, 5.41) is 18.3. The van der Waals surface area contributed by atoms with Crippen LogP contribution in [0.25, 0.3) is 0 Å². The lowest BCUT2D eigenvalue weighted by molar-refractivity contribution is -0.149. The average molecular weight is 162 g/mol. The van der Waals surface area contributed by atoms with Gasteiger partial charge in [0.15, 0.2) is 0 Å². The number of rotatable bonds is 3. The van der Waals surface area contributed by atoms with Gasteiger partial charge >= 0.3 is 5.97 Å². The number of aliphatic hydroxyl groups excluding tert-OH is 1. The molecule has 0 aromatic rings. The normalized spacial score (nSPS) is 14.3. The lowest BCUT2D eigenvalue weighted by Gasteiger charge is -2.23. The zero-order valence-electron chi connectivity index (χ0n) is 7.00. The predicted octanol–water partition coefficient (Wildman–Crippen LogP) is -0.319. The zero-order chi connectivity index (χ0) is 9.07. The summed E-state index contributed by atoms with van der Waals surface area (Å²) in [5.74, 6) is -0.465. The molecule has 11 heavy (non-hydrogen) atoms. The van der Waals surface area contributed by atoms with E-state index >= 15 is 0 Å². The molecule has 0 amide bonds. The Balaban J connectivity index is 3.70. The Kier molecular flexibility index (Phi) is 3.48. The molecule has 0 aliphatic carbocycles. The van der Waals surface area contributed by atoms with E-state index in [1.807, 2.05) is 0 Å². The van der Waals surface area contributed by atoms with Gasteiger partial charge in [-0.1, -0.05) is 0 Å². The molecule has 0 saturated carbocycles. The molecule has 0 heterocycles. The summed E-state index contributed by atoms with van der Waals surface area (Å²) in [7, 11) is 0. The van der Waals surface area contributed by atoms with Crippen LogP contribution < -0.4 is 0 Å². The van der Waals surface area contributed by atoms with E-state index in [2.05, 4.69) is 4.74 Å². The molecule has 0 aromatic carbocycles. The number of esters is 1. The first-order valence-electron chi connectivity index (χ1n) is 3.38. The van der Waals surface area contributed by atoms with Crippen molar-refractivity contribution in [2.45, 2.75) is 32.5 Å². The van der Waals surface area contributed by atoms with Crippen molar-refractivity contribution >= 4 is 5.97 Å². The Hall–Kier alpha value is -0.610. The van der Waals surface area contributed by atoms with Gasteiger partial charge in [-0.15, -0.1) is 0 Å². The number of hydrogen-bond donors (Lipinski definition) is 2. The van der Waals surface area contributed by atoms with Crippen LogP contribution in [0.15, 0.2) is 0 Å². The summed E-state index contributed by atoms with van der Waals surface area (Å²) >= 11 is 0. The van der Waals surface area contributed by atoms with Crippen molar-refractivity contribution in [3.05, 3.63) is 0 Å². The van der Waals surface area contributed by atoms with Gasteiger partial charge in [0.2, 0.25) is 0 Å². The number of ether oxygens (including phenoxy) is 1. The smallest absolute Gasteiger partial charge is 0.302 e. The van der Waals surface area contributed by atoms with Crippen LogP contribution in [0.5, 0.6) is 0 Å². The summed E-state index contributed by atoms with van der Waals surface area (Å²) in [5.41, 5.74) is -1.23. The Morgan fingerprint density at radius 3 is 2.36 bits per heavy atom. The maximum absolute atomic E-state index is 10.3. The van der Waals surface area contributed by atoms with Crippen molar-refractivity contribution in [1.82, 2.24) is 0 Å². The summed E-state index contributed by atoms with van der Waals surface area (Å²) < 4.78 is 4.48. The Bertz CT molecular complexity index is 136. The number of hydrogen-bond acceptors (Lipinski definition) is 4. The van der Waals surface area contributed by atoms with Crippen molar-refractivity contribution < 1.29 is 19.7 Å². The molecule has 66 valence electrons. The molecule has 0 spiro atoms. The standard InChI is InChI=1S/C7H14O4/c1-5(8)11-4-6(9)7(2,3)10/h6,9-10H,4H2,1-3H3/t6-/m1/s1. The van der Waals surface area contributed by atoms with Crippen LogP contribution in [0, 0.1) is 0 Å². The topological polar surface area (TPSA) is 66.8 Å². The molecule has 2 N–H and O–H groups in total.